The molecule has 2 rings (SSSR count). The van der Waals surface area contributed by atoms with Gasteiger partial charge in [0.15, 0.2) is 0 Å². The van der Waals surface area contributed by atoms with Gasteiger partial charge < -0.3 is 4.98 Å². The minimum Gasteiger partial charge on any atom is -0.342 e. The molecule has 1 aromatic heterocycles. The van der Waals surface area contributed by atoms with Crippen LogP contribution in [0.3, 0.4) is 0 Å². The molecule has 16 heavy (non-hydrogen) atoms. The van der Waals surface area contributed by atoms with Gasteiger partial charge in [-0.25, -0.2) is 4.98 Å². The highest BCUT2D eigenvalue weighted by molar-refractivity contribution is 5.82. The summed E-state index contributed by atoms with van der Waals surface area (Å²) in [6.45, 7) is 1.66. The molecule has 0 radical (unpaired) electrons. The van der Waals surface area contributed by atoms with E-state index in [1.165, 1.54) is 0 Å². The molecule has 0 spiro atoms. The smallest absolute Gasteiger partial charge is 0.342 e. The number of benzene rings is 1. The largest absolute Gasteiger partial charge is 0.348 e. The molecule has 1 aromatic carbocycles. The predicted octanol–water partition coefficient (Wildman–Crippen LogP) is 1.69. The van der Waals surface area contributed by atoms with Crippen LogP contribution in [0, 0.1) is 27.2 Å². The van der Waals surface area contributed by atoms with Crippen molar-refractivity contribution in [3.05, 3.63) is 38.2 Å². The van der Waals surface area contributed by atoms with E-state index >= 15 is 0 Å². The van der Waals surface area contributed by atoms with E-state index in [0.29, 0.717) is 16.9 Å². The lowest BCUT2D eigenvalue weighted by Gasteiger charge is -1.94. The minimum absolute atomic E-state index is 0.342. The number of nitrogens with zero attached hydrogens (tertiary/aromatic N) is 3. The second-order valence-corrected chi connectivity index (χ2v) is 3.19. The molecule has 0 amide bonds. The fourth-order valence-corrected chi connectivity index (χ4v) is 1.45. The summed E-state index contributed by atoms with van der Waals surface area (Å²) in [6.07, 6.45) is 0. The molecular weight excluding hydrogens is 216 g/mol. The maximum Gasteiger partial charge on any atom is 0.348 e. The van der Waals surface area contributed by atoms with Crippen molar-refractivity contribution >= 4 is 22.4 Å². The van der Waals surface area contributed by atoms with Crippen LogP contribution < -0.4 is 0 Å². The predicted molar refractivity (Wildman–Crippen MR) is 54.1 cm³/mol. The van der Waals surface area contributed by atoms with Crippen molar-refractivity contribution in [2.75, 3.05) is 0 Å². The molecular formula is C8H6N4O4. The SMILES string of the molecule is Cc1nc2cc([N+](=O)[O-])c([N+](=O)[O-])cc2[nH]1. The van der Waals surface area contributed by atoms with E-state index in [9.17, 15) is 20.2 Å². The Morgan fingerprint density at radius 2 is 1.75 bits per heavy atom. The first-order chi connectivity index (χ1) is 7.49. The molecule has 0 fully saturated rings. The van der Waals surface area contributed by atoms with Crippen LogP contribution in [0.25, 0.3) is 11.0 Å². The molecule has 0 saturated heterocycles. The molecule has 2 aromatic rings. The van der Waals surface area contributed by atoms with Gasteiger partial charge in [-0.15, -0.1) is 0 Å². The normalized spacial score (nSPS) is 10.6. The Labute approximate surface area is 88.2 Å². The van der Waals surface area contributed by atoms with Crippen molar-refractivity contribution in [1.82, 2.24) is 9.97 Å². The third kappa shape index (κ3) is 1.45. The third-order valence-electron chi connectivity index (χ3n) is 2.09. The Bertz CT molecular complexity index is 552. The van der Waals surface area contributed by atoms with Crippen LogP contribution in [0.5, 0.6) is 0 Å². The lowest BCUT2D eigenvalue weighted by Crippen LogP contribution is -1.96. The number of aromatic amines is 1. The van der Waals surface area contributed by atoms with E-state index < -0.39 is 21.2 Å². The fraction of sp³-hybridized carbons (Fsp3) is 0.125. The highest BCUT2D eigenvalue weighted by Crippen LogP contribution is 2.30. The monoisotopic (exact) mass is 222 g/mol. The Hall–Kier alpha value is -2.51. The Morgan fingerprint density at radius 3 is 2.31 bits per heavy atom. The van der Waals surface area contributed by atoms with E-state index in [0.717, 1.165) is 12.1 Å². The lowest BCUT2D eigenvalue weighted by molar-refractivity contribution is -0.422. The molecule has 0 bridgehead atoms. The number of hydrogen-bond acceptors (Lipinski definition) is 5. The van der Waals surface area contributed by atoms with Gasteiger partial charge in [0.25, 0.3) is 0 Å². The Morgan fingerprint density at radius 1 is 1.19 bits per heavy atom. The summed E-state index contributed by atoms with van der Waals surface area (Å²) in [4.78, 5) is 26.5. The van der Waals surface area contributed by atoms with Crippen LogP contribution in [-0.2, 0) is 0 Å². The van der Waals surface area contributed by atoms with Crippen molar-refractivity contribution in [3.63, 3.8) is 0 Å². The topological polar surface area (TPSA) is 115 Å². The van der Waals surface area contributed by atoms with Crippen molar-refractivity contribution in [1.29, 1.82) is 0 Å². The van der Waals surface area contributed by atoms with E-state index in [-0.39, 0.29) is 0 Å². The zero-order valence-corrected chi connectivity index (χ0v) is 8.13. The number of hydrogen-bond donors (Lipinski definition) is 1. The summed E-state index contributed by atoms with van der Waals surface area (Å²) >= 11 is 0. The number of fused-ring (bicyclic) bond motifs is 1. The number of rotatable bonds is 2. The van der Waals surface area contributed by atoms with Crippen molar-refractivity contribution in [2.24, 2.45) is 0 Å². The molecule has 0 aliphatic rings. The number of imidazole rings is 1. The maximum absolute atomic E-state index is 10.6. The average molecular weight is 222 g/mol. The highest BCUT2D eigenvalue weighted by Gasteiger charge is 2.25. The number of H-pyrrole nitrogens is 1. The van der Waals surface area contributed by atoms with E-state index in [1.54, 1.807) is 6.92 Å². The van der Waals surface area contributed by atoms with Crippen LogP contribution >= 0.6 is 0 Å². The van der Waals surface area contributed by atoms with Gasteiger partial charge in [-0.1, -0.05) is 0 Å². The van der Waals surface area contributed by atoms with Gasteiger partial charge in [-0.3, -0.25) is 20.2 Å². The van der Waals surface area contributed by atoms with E-state index in [1.807, 2.05) is 0 Å². The van der Waals surface area contributed by atoms with Gasteiger partial charge in [0.2, 0.25) is 0 Å². The first-order valence-electron chi connectivity index (χ1n) is 4.28. The Kier molecular flexibility index (Phi) is 2.04. The number of aryl methyl sites for hydroxylation is 1. The summed E-state index contributed by atoms with van der Waals surface area (Å²) < 4.78 is 0. The Balaban J connectivity index is 2.80. The van der Waals surface area contributed by atoms with E-state index in [4.69, 9.17) is 0 Å². The first kappa shape index (κ1) is 10.0. The average Bonchev–Trinajstić information content (AvgIpc) is 2.54. The number of aromatic nitrogens is 2. The van der Waals surface area contributed by atoms with Crippen LogP contribution in [0.1, 0.15) is 5.82 Å². The second-order valence-electron chi connectivity index (χ2n) is 3.19. The van der Waals surface area contributed by atoms with Crippen LogP contribution in [-0.4, -0.2) is 19.8 Å². The fourth-order valence-electron chi connectivity index (χ4n) is 1.45. The number of nitrogens with one attached hydrogen (secondary N) is 1. The van der Waals surface area contributed by atoms with Crippen molar-refractivity contribution < 1.29 is 9.85 Å². The van der Waals surface area contributed by atoms with Crippen molar-refractivity contribution in [3.8, 4) is 0 Å². The number of nitro benzene ring substituents is 2. The molecule has 1 heterocycles. The van der Waals surface area contributed by atoms with Gasteiger partial charge in [0.1, 0.15) is 5.82 Å². The zero-order valence-electron chi connectivity index (χ0n) is 8.13. The molecule has 82 valence electrons. The van der Waals surface area contributed by atoms with Gasteiger partial charge in [-0.2, -0.15) is 0 Å². The minimum atomic E-state index is -0.790. The quantitative estimate of drug-likeness (QED) is 0.613. The summed E-state index contributed by atoms with van der Waals surface area (Å²) in [5.41, 5.74) is -0.338. The summed E-state index contributed by atoms with van der Waals surface area (Å²) in [7, 11) is 0. The number of nitro groups is 2. The molecule has 0 aliphatic heterocycles. The van der Waals surface area contributed by atoms with Gasteiger partial charge in [0, 0.05) is 6.07 Å². The molecule has 8 heteroatoms. The molecule has 0 unspecified atom stereocenters. The summed E-state index contributed by atoms with van der Waals surface area (Å²) in [5, 5.41) is 21.3. The van der Waals surface area contributed by atoms with Crippen molar-refractivity contribution in [2.45, 2.75) is 6.92 Å². The molecule has 0 saturated carbocycles. The zero-order chi connectivity index (χ0) is 11.9. The van der Waals surface area contributed by atoms with Crippen LogP contribution in [0.2, 0.25) is 0 Å². The van der Waals surface area contributed by atoms with Crippen LogP contribution in [0.15, 0.2) is 12.1 Å². The second kappa shape index (κ2) is 3.26. The van der Waals surface area contributed by atoms with Gasteiger partial charge in [0.05, 0.1) is 26.9 Å². The molecule has 0 aliphatic carbocycles. The summed E-state index contributed by atoms with van der Waals surface area (Å²) in [6, 6.07) is 2.21. The molecule has 1 N–H and O–H groups in total. The van der Waals surface area contributed by atoms with Gasteiger partial charge in [-0.05, 0) is 6.92 Å². The van der Waals surface area contributed by atoms with Gasteiger partial charge >= 0.3 is 11.4 Å². The highest BCUT2D eigenvalue weighted by atomic mass is 16.6. The lowest BCUT2D eigenvalue weighted by atomic mass is 10.2. The summed E-state index contributed by atoms with van der Waals surface area (Å²) in [5.74, 6) is 0.546. The third-order valence-corrected chi connectivity index (χ3v) is 2.09. The first-order valence-corrected chi connectivity index (χ1v) is 4.28. The standard InChI is InChI=1S/C8H6N4O4/c1-4-9-5-2-7(11(13)14)8(12(15)16)3-6(5)10-4/h2-3H,1H3,(H,9,10). The van der Waals surface area contributed by atoms with E-state index in [2.05, 4.69) is 9.97 Å². The molecule has 0 atom stereocenters. The maximum atomic E-state index is 10.6. The van der Waals surface area contributed by atoms with Crippen LogP contribution in [0.4, 0.5) is 11.4 Å². The molecule has 8 nitrogen and oxygen atoms in total.